The van der Waals surface area contributed by atoms with Gasteiger partial charge in [-0.15, -0.1) is 0 Å². The molecule has 2 aliphatic carbocycles. The monoisotopic (exact) mass is 227 g/mol. The standard InChI is InChI=1S/C15H17NO/c1-11-3-4-12(7-13(11)17-2)15(10-16)8-14(9-15)5-6-14/h3-4,7H,5-6,8-9H2,1-2H3. The van der Waals surface area contributed by atoms with E-state index >= 15 is 0 Å². The topological polar surface area (TPSA) is 33.0 Å². The molecule has 0 unspecified atom stereocenters. The van der Waals surface area contributed by atoms with E-state index in [1.165, 1.54) is 12.8 Å². The molecule has 2 saturated carbocycles. The number of aryl methyl sites for hydroxylation is 1. The second kappa shape index (κ2) is 3.26. The molecule has 0 amide bonds. The van der Waals surface area contributed by atoms with Crippen LogP contribution in [0.2, 0.25) is 0 Å². The minimum Gasteiger partial charge on any atom is -0.496 e. The van der Waals surface area contributed by atoms with Crippen molar-refractivity contribution < 1.29 is 4.74 Å². The van der Waals surface area contributed by atoms with E-state index in [-0.39, 0.29) is 5.41 Å². The first-order valence-electron chi connectivity index (χ1n) is 6.20. The van der Waals surface area contributed by atoms with E-state index in [9.17, 15) is 5.26 Å². The molecule has 1 aromatic carbocycles. The van der Waals surface area contributed by atoms with Gasteiger partial charge >= 0.3 is 0 Å². The van der Waals surface area contributed by atoms with Crippen molar-refractivity contribution in [2.24, 2.45) is 5.41 Å². The summed E-state index contributed by atoms with van der Waals surface area (Å²) in [5.41, 5.74) is 2.57. The van der Waals surface area contributed by atoms with Crippen molar-refractivity contribution in [3.05, 3.63) is 29.3 Å². The van der Waals surface area contributed by atoms with Crippen LogP contribution in [0.15, 0.2) is 18.2 Å². The van der Waals surface area contributed by atoms with E-state index in [2.05, 4.69) is 18.2 Å². The summed E-state index contributed by atoms with van der Waals surface area (Å²) in [6, 6.07) is 8.75. The van der Waals surface area contributed by atoms with Crippen molar-refractivity contribution in [2.75, 3.05) is 7.11 Å². The zero-order valence-corrected chi connectivity index (χ0v) is 10.4. The Kier molecular flexibility index (Phi) is 2.04. The van der Waals surface area contributed by atoms with Gasteiger partial charge in [0.1, 0.15) is 5.75 Å². The van der Waals surface area contributed by atoms with Crippen molar-refractivity contribution in [3.63, 3.8) is 0 Å². The maximum Gasteiger partial charge on any atom is 0.122 e. The Bertz CT molecular complexity index is 500. The van der Waals surface area contributed by atoms with Gasteiger partial charge in [-0.05, 0) is 55.2 Å². The van der Waals surface area contributed by atoms with Crippen LogP contribution in [-0.2, 0) is 5.41 Å². The summed E-state index contributed by atoms with van der Waals surface area (Å²) in [4.78, 5) is 0. The SMILES string of the molecule is COc1cc(C2(C#N)CC3(CC3)C2)ccc1C. The number of rotatable bonds is 2. The fourth-order valence-electron chi connectivity index (χ4n) is 3.22. The molecule has 2 aliphatic rings. The van der Waals surface area contributed by atoms with Gasteiger partial charge in [-0.1, -0.05) is 12.1 Å². The summed E-state index contributed by atoms with van der Waals surface area (Å²) in [6.45, 7) is 2.03. The summed E-state index contributed by atoms with van der Waals surface area (Å²) >= 11 is 0. The fourth-order valence-corrected chi connectivity index (χ4v) is 3.22. The van der Waals surface area contributed by atoms with Crippen molar-refractivity contribution in [2.45, 2.75) is 38.0 Å². The van der Waals surface area contributed by atoms with Gasteiger partial charge in [-0.2, -0.15) is 5.26 Å². The minimum absolute atomic E-state index is 0.239. The van der Waals surface area contributed by atoms with Gasteiger partial charge in [0.15, 0.2) is 0 Å². The lowest BCUT2D eigenvalue weighted by Gasteiger charge is -2.44. The van der Waals surface area contributed by atoms with E-state index in [1.54, 1.807) is 7.11 Å². The number of hydrogen-bond acceptors (Lipinski definition) is 2. The van der Waals surface area contributed by atoms with Crippen LogP contribution in [0.4, 0.5) is 0 Å². The molecule has 1 spiro atoms. The van der Waals surface area contributed by atoms with E-state index < -0.39 is 0 Å². The molecule has 0 atom stereocenters. The summed E-state index contributed by atoms with van der Waals surface area (Å²) in [5, 5.41) is 9.49. The van der Waals surface area contributed by atoms with Crippen LogP contribution in [-0.4, -0.2) is 7.11 Å². The molecular formula is C15H17NO. The highest BCUT2D eigenvalue weighted by atomic mass is 16.5. The molecule has 0 aromatic heterocycles. The highest BCUT2D eigenvalue weighted by Gasteiger charge is 2.61. The molecular weight excluding hydrogens is 210 g/mol. The third-order valence-electron chi connectivity index (χ3n) is 4.49. The molecule has 0 aliphatic heterocycles. The van der Waals surface area contributed by atoms with E-state index in [0.29, 0.717) is 5.41 Å². The lowest BCUT2D eigenvalue weighted by atomic mass is 9.57. The maximum atomic E-state index is 9.49. The smallest absolute Gasteiger partial charge is 0.122 e. The van der Waals surface area contributed by atoms with E-state index in [4.69, 9.17) is 4.74 Å². The average molecular weight is 227 g/mol. The molecule has 0 radical (unpaired) electrons. The molecule has 2 fully saturated rings. The van der Waals surface area contributed by atoms with E-state index in [1.807, 2.05) is 13.0 Å². The predicted octanol–water partition coefficient (Wildman–Crippen LogP) is 3.34. The quantitative estimate of drug-likeness (QED) is 0.776. The summed E-state index contributed by atoms with van der Waals surface area (Å²) in [5.74, 6) is 0.897. The first kappa shape index (κ1) is 10.7. The number of nitrogens with zero attached hydrogens (tertiary/aromatic N) is 1. The molecule has 2 heteroatoms. The van der Waals surface area contributed by atoms with Gasteiger partial charge in [-0.25, -0.2) is 0 Å². The number of hydrogen-bond donors (Lipinski definition) is 0. The Hall–Kier alpha value is -1.49. The summed E-state index contributed by atoms with van der Waals surface area (Å²) in [7, 11) is 1.69. The molecule has 0 saturated heterocycles. The van der Waals surface area contributed by atoms with Crippen molar-refractivity contribution >= 4 is 0 Å². The molecule has 0 heterocycles. The Morgan fingerprint density at radius 2 is 2.00 bits per heavy atom. The van der Waals surface area contributed by atoms with Crippen LogP contribution in [0.25, 0.3) is 0 Å². The summed E-state index contributed by atoms with van der Waals surface area (Å²) < 4.78 is 5.35. The zero-order chi connectivity index (χ0) is 12.1. The van der Waals surface area contributed by atoms with Gasteiger partial charge < -0.3 is 4.74 Å². The van der Waals surface area contributed by atoms with Gasteiger partial charge in [0.25, 0.3) is 0 Å². The second-order valence-corrected chi connectivity index (χ2v) is 5.73. The summed E-state index contributed by atoms with van der Waals surface area (Å²) in [6.07, 6.45) is 4.73. The second-order valence-electron chi connectivity index (χ2n) is 5.73. The number of nitriles is 1. The minimum atomic E-state index is -0.239. The van der Waals surface area contributed by atoms with Crippen LogP contribution >= 0.6 is 0 Å². The van der Waals surface area contributed by atoms with Crippen molar-refractivity contribution in [3.8, 4) is 11.8 Å². The van der Waals surface area contributed by atoms with Crippen LogP contribution < -0.4 is 4.74 Å². The lowest BCUT2D eigenvalue weighted by Crippen LogP contribution is -2.41. The van der Waals surface area contributed by atoms with Crippen molar-refractivity contribution in [1.29, 1.82) is 5.26 Å². The van der Waals surface area contributed by atoms with Gasteiger partial charge in [0, 0.05) is 0 Å². The number of methoxy groups -OCH3 is 1. The highest BCUT2D eigenvalue weighted by molar-refractivity contribution is 5.46. The first-order chi connectivity index (χ1) is 8.13. The predicted molar refractivity (Wildman–Crippen MR) is 65.9 cm³/mol. The van der Waals surface area contributed by atoms with Crippen LogP contribution in [0.1, 0.15) is 36.8 Å². The Morgan fingerprint density at radius 1 is 1.29 bits per heavy atom. The lowest BCUT2D eigenvalue weighted by molar-refractivity contribution is 0.172. The fraction of sp³-hybridized carbons (Fsp3) is 0.533. The molecule has 1 aromatic rings. The van der Waals surface area contributed by atoms with Gasteiger partial charge in [0.05, 0.1) is 18.6 Å². The normalized spacial score (nSPS) is 22.6. The largest absolute Gasteiger partial charge is 0.496 e. The van der Waals surface area contributed by atoms with Gasteiger partial charge in [-0.3, -0.25) is 0 Å². The number of ether oxygens (including phenoxy) is 1. The molecule has 0 N–H and O–H groups in total. The molecule has 88 valence electrons. The van der Waals surface area contributed by atoms with Crippen LogP contribution in [0.5, 0.6) is 5.75 Å². The third kappa shape index (κ3) is 1.45. The molecule has 0 bridgehead atoms. The van der Waals surface area contributed by atoms with Gasteiger partial charge in [0.2, 0.25) is 0 Å². The Balaban J connectivity index is 1.95. The van der Waals surface area contributed by atoms with Crippen LogP contribution in [0, 0.1) is 23.7 Å². The Morgan fingerprint density at radius 3 is 2.53 bits per heavy atom. The average Bonchev–Trinajstić information content (AvgIpc) is 3.07. The van der Waals surface area contributed by atoms with Crippen LogP contribution in [0.3, 0.4) is 0 Å². The maximum absolute atomic E-state index is 9.49. The Labute approximate surface area is 102 Å². The number of benzene rings is 1. The first-order valence-corrected chi connectivity index (χ1v) is 6.20. The molecule has 17 heavy (non-hydrogen) atoms. The highest BCUT2D eigenvalue weighted by Crippen LogP contribution is 2.68. The van der Waals surface area contributed by atoms with Crippen molar-refractivity contribution in [1.82, 2.24) is 0 Å². The molecule has 2 nitrogen and oxygen atoms in total. The third-order valence-corrected chi connectivity index (χ3v) is 4.49. The zero-order valence-electron chi connectivity index (χ0n) is 10.4. The molecule has 3 rings (SSSR count). The van der Waals surface area contributed by atoms with E-state index in [0.717, 1.165) is 29.7 Å².